The molecule has 1 heterocycles. The summed E-state index contributed by atoms with van der Waals surface area (Å²) < 4.78 is 19.0. The van der Waals surface area contributed by atoms with Gasteiger partial charge in [-0.2, -0.15) is 0 Å². The van der Waals surface area contributed by atoms with E-state index in [9.17, 15) is 4.39 Å². The Labute approximate surface area is 107 Å². The quantitative estimate of drug-likeness (QED) is 0.938. The van der Waals surface area contributed by atoms with Crippen molar-refractivity contribution in [2.75, 3.05) is 5.73 Å². The highest BCUT2D eigenvalue weighted by molar-refractivity contribution is 9.10. The van der Waals surface area contributed by atoms with Gasteiger partial charge in [0, 0.05) is 11.1 Å². The molecule has 17 heavy (non-hydrogen) atoms. The van der Waals surface area contributed by atoms with Gasteiger partial charge in [-0.05, 0) is 40.5 Å². The molecule has 0 aliphatic heterocycles. The average molecular weight is 299 g/mol. The maximum atomic E-state index is 13.4. The molecule has 5 heteroatoms. The van der Waals surface area contributed by atoms with Crippen LogP contribution < -0.4 is 5.73 Å². The minimum Gasteiger partial charge on any atom is -0.381 e. The van der Waals surface area contributed by atoms with Crippen molar-refractivity contribution >= 4 is 21.7 Å². The highest BCUT2D eigenvalue weighted by Crippen LogP contribution is 2.30. The zero-order chi connectivity index (χ0) is 12.4. The van der Waals surface area contributed by atoms with Crippen molar-refractivity contribution in [3.63, 3.8) is 0 Å². The average Bonchev–Trinajstić information content (AvgIpc) is 2.66. The van der Waals surface area contributed by atoms with Crippen LogP contribution >= 0.6 is 15.9 Å². The number of hydrogen-bond donors (Lipinski definition) is 1. The number of hydrogen-bond acceptors (Lipinski definition) is 3. The van der Waals surface area contributed by atoms with E-state index in [2.05, 4.69) is 21.1 Å². The lowest BCUT2D eigenvalue weighted by atomic mass is 10.0. The van der Waals surface area contributed by atoms with Gasteiger partial charge in [0.2, 0.25) is 0 Å². The molecule has 0 unspecified atom stereocenters. The van der Waals surface area contributed by atoms with Gasteiger partial charge in [0.1, 0.15) is 5.82 Å². The van der Waals surface area contributed by atoms with Gasteiger partial charge in [-0.25, -0.2) is 4.39 Å². The summed E-state index contributed by atoms with van der Waals surface area (Å²) >= 11 is 3.11. The number of nitrogens with zero attached hydrogens (tertiary/aromatic N) is 1. The number of rotatable bonds is 3. The normalized spacial score (nSPS) is 10.8. The first-order valence-corrected chi connectivity index (χ1v) is 6.12. The SMILES string of the molecule is CCCc1c(N)noc1-c1ccc(Br)c(F)c1. The molecule has 0 amide bonds. The van der Waals surface area contributed by atoms with Gasteiger partial charge in [0.15, 0.2) is 11.6 Å². The summed E-state index contributed by atoms with van der Waals surface area (Å²) in [5.41, 5.74) is 7.22. The molecule has 0 aliphatic rings. The van der Waals surface area contributed by atoms with Gasteiger partial charge in [0.05, 0.1) is 4.47 Å². The molecular weight excluding hydrogens is 287 g/mol. The Morgan fingerprint density at radius 3 is 2.88 bits per heavy atom. The Kier molecular flexibility index (Phi) is 3.47. The Balaban J connectivity index is 2.48. The Morgan fingerprint density at radius 1 is 1.47 bits per heavy atom. The first kappa shape index (κ1) is 12.1. The van der Waals surface area contributed by atoms with E-state index >= 15 is 0 Å². The molecule has 2 N–H and O–H groups in total. The molecular formula is C12H12BrFN2O. The molecule has 0 bridgehead atoms. The second-order valence-corrected chi connectivity index (χ2v) is 4.61. The minimum atomic E-state index is -0.333. The van der Waals surface area contributed by atoms with Gasteiger partial charge in [-0.1, -0.05) is 18.5 Å². The van der Waals surface area contributed by atoms with Crippen molar-refractivity contribution in [3.05, 3.63) is 34.1 Å². The fraction of sp³-hybridized carbons (Fsp3) is 0.250. The maximum Gasteiger partial charge on any atom is 0.172 e. The monoisotopic (exact) mass is 298 g/mol. The van der Waals surface area contributed by atoms with Crippen molar-refractivity contribution < 1.29 is 8.91 Å². The molecule has 0 saturated carbocycles. The van der Waals surface area contributed by atoms with Crippen LogP contribution in [0.2, 0.25) is 0 Å². The summed E-state index contributed by atoms with van der Waals surface area (Å²) in [4.78, 5) is 0. The van der Waals surface area contributed by atoms with Crippen molar-refractivity contribution in [3.8, 4) is 11.3 Å². The molecule has 0 atom stereocenters. The Bertz CT molecular complexity index is 539. The Morgan fingerprint density at radius 2 is 2.24 bits per heavy atom. The third-order valence-electron chi connectivity index (χ3n) is 2.50. The van der Waals surface area contributed by atoms with Gasteiger partial charge < -0.3 is 10.3 Å². The summed E-state index contributed by atoms with van der Waals surface area (Å²) in [7, 11) is 0. The molecule has 2 rings (SSSR count). The lowest BCUT2D eigenvalue weighted by Gasteiger charge is -2.02. The van der Waals surface area contributed by atoms with Gasteiger partial charge in [-0.15, -0.1) is 0 Å². The van der Waals surface area contributed by atoms with Crippen LogP contribution in [0.4, 0.5) is 10.2 Å². The highest BCUT2D eigenvalue weighted by Gasteiger charge is 2.15. The van der Waals surface area contributed by atoms with E-state index in [4.69, 9.17) is 10.3 Å². The predicted molar refractivity (Wildman–Crippen MR) is 68.0 cm³/mol. The summed E-state index contributed by atoms with van der Waals surface area (Å²) in [5.74, 6) is 0.598. The largest absolute Gasteiger partial charge is 0.381 e. The topological polar surface area (TPSA) is 52.0 Å². The molecule has 90 valence electrons. The fourth-order valence-electron chi connectivity index (χ4n) is 1.68. The molecule has 0 saturated heterocycles. The summed E-state index contributed by atoms with van der Waals surface area (Å²) in [6.45, 7) is 2.04. The zero-order valence-electron chi connectivity index (χ0n) is 9.34. The van der Waals surface area contributed by atoms with Crippen LogP contribution in [-0.2, 0) is 6.42 Å². The standard InChI is InChI=1S/C12H12BrFN2O/c1-2-3-8-11(17-16-12(8)15)7-4-5-9(13)10(14)6-7/h4-6H,2-3H2,1H3,(H2,15,16). The molecule has 1 aromatic heterocycles. The zero-order valence-corrected chi connectivity index (χ0v) is 10.9. The lowest BCUT2D eigenvalue weighted by molar-refractivity contribution is 0.434. The number of anilines is 1. The van der Waals surface area contributed by atoms with E-state index in [-0.39, 0.29) is 5.82 Å². The fourth-order valence-corrected chi connectivity index (χ4v) is 1.92. The van der Waals surface area contributed by atoms with Gasteiger partial charge in [-0.3, -0.25) is 0 Å². The molecule has 0 aliphatic carbocycles. The van der Waals surface area contributed by atoms with E-state index < -0.39 is 0 Å². The van der Waals surface area contributed by atoms with E-state index in [0.29, 0.717) is 21.6 Å². The van der Waals surface area contributed by atoms with Crippen molar-refractivity contribution in [1.29, 1.82) is 0 Å². The maximum absolute atomic E-state index is 13.4. The van der Waals surface area contributed by atoms with E-state index in [1.807, 2.05) is 6.92 Å². The summed E-state index contributed by atoms with van der Waals surface area (Å²) in [6.07, 6.45) is 1.69. The third-order valence-corrected chi connectivity index (χ3v) is 3.14. The van der Waals surface area contributed by atoms with Crippen LogP contribution in [0.5, 0.6) is 0 Å². The Hall–Kier alpha value is -1.36. The number of halogens is 2. The number of nitrogens with two attached hydrogens (primary N) is 1. The second-order valence-electron chi connectivity index (χ2n) is 3.75. The summed E-state index contributed by atoms with van der Waals surface area (Å²) in [5, 5.41) is 3.73. The molecule has 2 aromatic rings. The van der Waals surface area contributed by atoms with Crippen LogP contribution in [0.3, 0.4) is 0 Å². The predicted octanol–water partition coefficient (Wildman–Crippen LogP) is 3.78. The van der Waals surface area contributed by atoms with Crippen LogP contribution in [0, 0.1) is 5.82 Å². The van der Waals surface area contributed by atoms with Gasteiger partial charge >= 0.3 is 0 Å². The molecule has 3 nitrogen and oxygen atoms in total. The lowest BCUT2D eigenvalue weighted by Crippen LogP contribution is -1.93. The molecule has 0 radical (unpaired) electrons. The third kappa shape index (κ3) is 2.34. The van der Waals surface area contributed by atoms with E-state index in [0.717, 1.165) is 18.4 Å². The van der Waals surface area contributed by atoms with Crippen molar-refractivity contribution in [2.45, 2.75) is 19.8 Å². The van der Waals surface area contributed by atoms with Crippen LogP contribution in [-0.4, -0.2) is 5.16 Å². The van der Waals surface area contributed by atoms with Crippen molar-refractivity contribution in [1.82, 2.24) is 5.16 Å². The van der Waals surface area contributed by atoms with Crippen molar-refractivity contribution in [2.24, 2.45) is 0 Å². The number of nitrogen functional groups attached to an aromatic ring is 1. The first-order chi connectivity index (χ1) is 8.13. The van der Waals surface area contributed by atoms with Crippen LogP contribution in [0.25, 0.3) is 11.3 Å². The van der Waals surface area contributed by atoms with Gasteiger partial charge in [0.25, 0.3) is 0 Å². The summed E-state index contributed by atoms with van der Waals surface area (Å²) in [6, 6.07) is 4.81. The molecule has 0 fully saturated rings. The van der Waals surface area contributed by atoms with E-state index in [1.54, 1.807) is 12.1 Å². The highest BCUT2D eigenvalue weighted by atomic mass is 79.9. The number of aromatic nitrogens is 1. The van der Waals surface area contributed by atoms with E-state index in [1.165, 1.54) is 6.07 Å². The molecule has 0 spiro atoms. The van der Waals surface area contributed by atoms with Crippen LogP contribution in [0.1, 0.15) is 18.9 Å². The number of benzene rings is 1. The van der Waals surface area contributed by atoms with Crippen LogP contribution in [0.15, 0.2) is 27.2 Å². The first-order valence-electron chi connectivity index (χ1n) is 5.33. The smallest absolute Gasteiger partial charge is 0.172 e. The molecule has 1 aromatic carbocycles. The minimum absolute atomic E-state index is 0.333. The second kappa shape index (κ2) is 4.87.